The molecule has 0 spiro atoms. The van der Waals surface area contributed by atoms with Crippen LogP contribution < -0.4 is 15.4 Å². The van der Waals surface area contributed by atoms with Gasteiger partial charge in [0.1, 0.15) is 5.75 Å². The Balaban J connectivity index is 1.60. The smallest absolute Gasteiger partial charge is 0.262 e. The van der Waals surface area contributed by atoms with Crippen LogP contribution in [0.1, 0.15) is 6.92 Å². The van der Waals surface area contributed by atoms with E-state index in [-0.39, 0.29) is 18.4 Å². The SMILES string of the molecule is CC(=O)Nc1ccc(NC(=O)COc2ccc3ccccc3c2Br)cc1. The zero-order chi connectivity index (χ0) is 18.5. The molecular weight excluding hydrogens is 396 g/mol. The molecule has 3 aromatic rings. The third-order valence-corrected chi connectivity index (χ3v) is 4.49. The zero-order valence-electron chi connectivity index (χ0n) is 14.1. The molecule has 3 rings (SSSR count). The average Bonchev–Trinajstić information content (AvgIpc) is 2.63. The quantitative estimate of drug-likeness (QED) is 0.644. The Morgan fingerprint density at radius 1 is 0.923 bits per heavy atom. The summed E-state index contributed by atoms with van der Waals surface area (Å²) in [6, 6.07) is 18.6. The van der Waals surface area contributed by atoms with Crippen LogP contribution in [0.15, 0.2) is 65.1 Å². The van der Waals surface area contributed by atoms with Crippen molar-refractivity contribution in [3.05, 3.63) is 65.1 Å². The summed E-state index contributed by atoms with van der Waals surface area (Å²) >= 11 is 3.54. The van der Waals surface area contributed by atoms with Crippen molar-refractivity contribution in [1.82, 2.24) is 0 Å². The van der Waals surface area contributed by atoms with E-state index < -0.39 is 0 Å². The zero-order valence-corrected chi connectivity index (χ0v) is 15.7. The molecule has 132 valence electrons. The van der Waals surface area contributed by atoms with Gasteiger partial charge in [0.25, 0.3) is 5.91 Å². The van der Waals surface area contributed by atoms with Gasteiger partial charge in [-0.05, 0) is 57.0 Å². The van der Waals surface area contributed by atoms with Crippen LogP contribution >= 0.6 is 15.9 Å². The Hall–Kier alpha value is -2.86. The first-order chi connectivity index (χ1) is 12.5. The van der Waals surface area contributed by atoms with Gasteiger partial charge in [-0.25, -0.2) is 0 Å². The molecule has 0 saturated carbocycles. The maximum Gasteiger partial charge on any atom is 0.262 e. The summed E-state index contributed by atoms with van der Waals surface area (Å²) in [5.74, 6) is 0.202. The number of halogens is 1. The van der Waals surface area contributed by atoms with Gasteiger partial charge in [0, 0.05) is 18.3 Å². The Kier molecular flexibility index (Phi) is 5.53. The molecule has 0 aliphatic heterocycles. The molecule has 2 N–H and O–H groups in total. The van der Waals surface area contributed by atoms with Crippen molar-refractivity contribution < 1.29 is 14.3 Å². The lowest BCUT2D eigenvalue weighted by Crippen LogP contribution is -2.20. The predicted molar refractivity (Wildman–Crippen MR) is 107 cm³/mol. The standard InChI is InChI=1S/C20H17BrN2O3/c1-13(24)22-15-7-9-16(10-8-15)23-19(25)12-26-18-11-6-14-4-2-3-5-17(14)20(18)21/h2-11H,12H2,1H3,(H,22,24)(H,23,25). The molecule has 6 heteroatoms. The minimum Gasteiger partial charge on any atom is -0.483 e. The number of carbonyl (C=O) groups is 2. The summed E-state index contributed by atoms with van der Waals surface area (Å²) in [6.07, 6.45) is 0. The van der Waals surface area contributed by atoms with Crippen LogP contribution in [0.5, 0.6) is 5.75 Å². The number of benzene rings is 3. The van der Waals surface area contributed by atoms with Gasteiger partial charge < -0.3 is 15.4 Å². The van der Waals surface area contributed by atoms with Gasteiger partial charge in [-0.2, -0.15) is 0 Å². The summed E-state index contributed by atoms with van der Waals surface area (Å²) in [5.41, 5.74) is 1.30. The van der Waals surface area contributed by atoms with E-state index >= 15 is 0 Å². The number of carbonyl (C=O) groups excluding carboxylic acids is 2. The third kappa shape index (κ3) is 4.40. The summed E-state index contributed by atoms with van der Waals surface area (Å²) in [6.45, 7) is 1.34. The highest BCUT2D eigenvalue weighted by molar-refractivity contribution is 9.10. The fourth-order valence-electron chi connectivity index (χ4n) is 2.51. The lowest BCUT2D eigenvalue weighted by atomic mass is 10.1. The van der Waals surface area contributed by atoms with Gasteiger partial charge in [0.2, 0.25) is 5.91 Å². The van der Waals surface area contributed by atoms with Crippen LogP contribution in [0.25, 0.3) is 10.8 Å². The number of hydrogen-bond donors (Lipinski definition) is 2. The predicted octanol–water partition coefficient (Wildman–Crippen LogP) is 4.58. The first-order valence-corrected chi connectivity index (χ1v) is 8.80. The third-order valence-electron chi connectivity index (χ3n) is 3.68. The van der Waals surface area contributed by atoms with Crippen molar-refractivity contribution in [1.29, 1.82) is 0 Å². The molecule has 0 atom stereocenters. The molecule has 0 aliphatic rings. The highest BCUT2D eigenvalue weighted by Crippen LogP contribution is 2.33. The lowest BCUT2D eigenvalue weighted by Gasteiger charge is -2.11. The van der Waals surface area contributed by atoms with Crippen LogP contribution in [-0.2, 0) is 9.59 Å². The number of fused-ring (bicyclic) bond motifs is 1. The second-order valence-corrected chi connectivity index (χ2v) is 6.49. The highest BCUT2D eigenvalue weighted by Gasteiger charge is 2.09. The van der Waals surface area contributed by atoms with Crippen LogP contribution in [0.4, 0.5) is 11.4 Å². The van der Waals surface area contributed by atoms with Gasteiger partial charge >= 0.3 is 0 Å². The minimum absolute atomic E-state index is 0.107. The molecule has 0 saturated heterocycles. The molecule has 3 aromatic carbocycles. The summed E-state index contributed by atoms with van der Waals surface area (Å²) in [4.78, 5) is 23.1. The molecule has 0 unspecified atom stereocenters. The molecule has 26 heavy (non-hydrogen) atoms. The number of anilines is 2. The van der Waals surface area contributed by atoms with Crippen LogP contribution in [0.2, 0.25) is 0 Å². The van der Waals surface area contributed by atoms with Crippen molar-refractivity contribution in [3.63, 3.8) is 0 Å². The Labute approximate surface area is 159 Å². The van der Waals surface area contributed by atoms with Gasteiger partial charge in [0.05, 0.1) is 4.47 Å². The Morgan fingerprint density at radius 2 is 1.58 bits per heavy atom. The second kappa shape index (κ2) is 8.01. The Bertz CT molecular complexity index is 955. The molecule has 0 bridgehead atoms. The van der Waals surface area contributed by atoms with E-state index in [9.17, 15) is 9.59 Å². The number of nitrogens with one attached hydrogen (secondary N) is 2. The van der Waals surface area contributed by atoms with Crippen molar-refractivity contribution in [2.24, 2.45) is 0 Å². The minimum atomic E-state index is -0.266. The van der Waals surface area contributed by atoms with E-state index in [1.807, 2.05) is 36.4 Å². The van der Waals surface area contributed by atoms with Crippen molar-refractivity contribution >= 4 is 49.9 Å². The fraction of sp³-hybridized carbons (Fsp3) is 0.100. The largest absolute Gasteiger partial charge is 0.483 e. The first kappa shape index (κ1) is 17.9. The topological polar surface area (TPSA) is 67.4 Å². The number of amides is 2. The molecule has 5 nitrogen and oxygen atoms in total. The number of hydrogen-bond acceptors (Lipinski definition) is 3. The van der Waals surface area contributed by atoms with E-state index in [4.69, 9.17) is 4.74 Å². The van der Waals surface area contributed by atoms with Crippen molar-refractivity contribution in [3.8, 4) is 5.75 Å². The number of rotatable bonds is 5. The molecule has 0 fully saturated rings. The van der Waals surface area contributed by atoms with Gasteiger partial charge in [-0.15, -0.1) is 0 Å². The molecule has 0 aromatic heterocycles. The van der Waals surface area contributed by atoms with Crippen LogP contribution in [-0.4, -0.2) is 18.4 Å². The van der Waals surface area contributed by atoms with E-state index in [0.29, 0.717) is 17.1 Å². The first-order valence-electron chi connectivity index (χ1n) is 8.00. The maximum absolute atomic E-state index is 12.1. The van der Waals surface area contributed by atoms with Crippen molar-refractivity contribution in [2.75, 3.05) is 17.2 Å². The summed E-state index contributed by atoms with van der Waals surface area (Å²) < 4.78 is 6.46. The monoisotopic (exact) mass is 412 g/mol. The summed E-state index contributed by atoms with van der Waals surface area (Å²) in [5, 5.41) is 7.55. The molecule has 0 heterocycles. The normalized spacial score (nSPS) is 10.4. The average molecular weight is 413 g/mol. The highest BCUT2D eigenvalue weighted by atomic mass is 79.9. The fourth-order valence-corrected chi connectivity index (χ4v) is 3.11. The van der Waals surface area contributed by atoms with E-state index in [0.717, 1.165) is 15.2 Å². The van der Waals surface area contributed by atoms with Gasteiger partial charge in [-0.3, -0.25) is 9.59 Å². The number of ether oxygens (including phenoxy) is 1. The van der Waals surface area contributed by atoms with E-state index in [2.05, 4.69) is 26.6 Å². The second-order valence-electron chi connectivity index (χ2n) is 5.69. The molecule has 0 aliphatic carbocycles. The lowest BCUT2D eigenvalue weighted by molar-refractivity contribution is -0.118. The van der Waals surface area contributed by atoms with Crippen LogP contribution in [0, 0.1) is 0 Å². The van der Waals surface area contributed by atoms with E-state index in [1.54, 1.807) is 24.3 Å². The van der Waals surface area contributed by atoms with Gasteiger partial charge in [-0.1, -0.05) is 30.3 Å². The Morgan fingerprint density at radius 3 is 2.27 bits per heavy atom. The molecule has 2 amide bonds. The van der Waals surface area contributed by atoms with E-state index in [1.165, 1.54) is 6.92 Å². The van der Waals surface area contributed by atoms with Gasteiger partial charge in [0.15, 0.2) is 6.61 Å². The molecular formula is C20H17BrN2O3. The van der Waals surface area contributed by atoms with Crippen molar-refractivity contribution in [2.45, 2.75) is 6.92 Å². The van der Waals surface area contributed by atoms with Crippen LogP contribution in [0.3, 0.4) is 0 Å². The summed E-state index contributed by atoms with van der Waals surface area (Å²) in [7, 11) is 0. The maximum atomic E-state index is 12.1. The molecule has 0 radical (unpaired) electrons.